The average molecular weight is 165 g/mol. The van der Waals surface area contributed by atoms with E-state index < -0.39 is 11.3 Å². The first-order valence-electron chi connectivity index (χ1n) is 1.92. The molecule has 0 aliphatic heterocycles. The van der Waals surface area contributed by atoms with Gasteiger partial charge in [0.1, 0.15) is 5.51 Å². The summed E-state index contributed by atoms with van der Waals surface area (Å²) < 4.78 is 20.4. The van der Waals surface area contributed by atoms with Crippen molar-refractivity contribution in [3.63, 3.8) is 0 Å². The highest BCUT2D eigenvalue weighted by atomic mass is 32.2. The molecule has 5 nitrogen and oxygen atoms in total. The van der Waals surface area contributed by atoms with Gasteiger partial charge in [-0.05, 0) is 0 Å². The summed E-state index contributed by atoms with van der Waals surface area (Å²) in [6, 6.07) is 0. The van der Waals surface area contributed by atoms with Gasteiger partial charge in [0.2, 0.25) is 5.13 Å². The first-order chi connectivity index (χ1) is 4.29. The number of nitrogens with one attached hydrogen (secondary N) is 1. The topological polar surface area (TPSA) is 75.1 Å². The number of aromatic nitrogens is 2. The van der Waals surface area contributed by atoms with E-state index in [4.69, 9.17) is 4.55 Å². The molecule has 1 heterocycles. The maximum Gasteiger partial charge on any atom is 0.261 e. The summed E-state index contributed by atoms with van der Waals surface area (Å²) in [5.74, 6) is 0. The summed E-state index contributed by atoms with van der Waals surface area (Å²) in [6.45, 7) is 0. The molecule has 0 aliphatic rings. The molecule has 0 saturated heterocycles. The van der Waals surface area contributed by atoms with E-state index in [0.29, 0.717) is 5.13 Å². The normalized spacial score (nSPS) is 13.0. The molecule has 0 bridgehead atoms. The van der Waals surface area contributed by atoms with Gasteiger partial charge in [-0.15, -0.1) is 10.2 Å². The van der Waals surface area contributed by atoms with Crippen molar-refractivity contribution < 1.29 is 8.76 Å². The summed E-state index contributed by atoms with van der Waals surface area (Å²) in [5, 5.41) is 7.24. The fourth-order valence-corrected chi connectivity index (χ4v) is 1.18. The second-order valence-electron chi connectivity index (χ2n) is 1.10. The van der Waals surface area contributed by atoms with Crippen LogP contribution in [0.1, 0.15) is 0 Å². The zero-order chi connectivity index (χ0) is 6.69. The molecule has 1 atom stereocenters. The molecule has 0 amide bonds. The van der Waals surface area contributed by atoms with Crippen molar-refractivity contribution in [1.82, 2.24) is 10.2 Å². The van der Waals surface area contributed by atoms with Crippen LogP contribution < -0.4 is 4.72 Å². The number of nitrogens with zero attached hydrogens (tertiary/aromatic N) is 2. The number of hydrogen-bond acceptors (Lipinski definition) is 4. The van der Waals surface area contributed by atoms with Crippen molar-refractivity contribution in [2.75, 3.05) is 4.72 Å². The summed E-state index contributed by atoms with van der Waals surface area (Å²) in [5.41, 5.74) is 1.47. The molecular formula is C2H3N3O2S2. The Balaban J connectivity index is 2.58. The SMILES string of the molecule is O=S(O)Nc1nncs1. The zero-order valence-corrected chi connectivity index (χ0v) is 5.78. The van der Waals surface area contributed by atoms with Gasteiger partial charge in [0.25, 0.3) is 11.3 Å². The van der Waals surface area contributed by atoms with E-state index >= 15 is 0 Å². The maximum atomic E-state index is 10.0. The van der Waals surface area contributed by atoms with Gasteiger partial charge < -0.3 is 0 Å². The Bertz CT molecular complexity index is 198. The lowest BCUT2D eigenvalue weighted by Gasteiger charge is -1.88. The Morgan fingerprint density at radius 2 is 2.67 bits per heavy atom. The molecule has 0 radical (unpaired) electrons. The Morgan fingerprint density at radius 1 is 1.89 bits per heavy atom. The van der Waals surface area contributed by atoms with E-state index in [0.717, 1.165) is 11.3 Å². The van der Waals surface area contributed by atoms with Crippen LogP contribution in [0.2, 0.25) is 0 Å². The molecule has 0 spiro atoms. The molecule has 50 valence electrons. The van der Waals surface area contributed by atoms with Crippen molar-refractivity contribution in [2.45, 2.75) is 0 Å². The first kappa shape index (κ1) is 6.59. The molecule has 1 aromatic heterocycles. The van der Waals surface area contributed by atoms with E-state index in [1.807, 2.05) is 0 Å². The van der Waals surface area contributed by atoms with Crippen LogP contribution >= 0.6 is 11.3 Å². The van der Waals surface area contributed by atoms with Gasteiger partial charge in [-0.25, -0.2) is 4.21 Å². The van der Waals surface area contributed by atoms with Gasteiger partial charge in [0.15, 0.2) is 0 Å². The lowest BCUT2D eigenvalue weighted by Crippen LogP contribution is -2.00. The Labute approximate surface area is 57.5 Å². The second kappa shape index (κ2) is 2.85. The Hall–Kier alpha value is -0.530. The van der Waals surface area contributed by atoms with Crippen LogP contribution in [-0.4, -0.2) is 19.0 Å². The standard InChI is InChI=1S/C2H3N3O2S2/c6-9(7)5-2-4-3-1-8-2/h1H,(H,4,5)(H,6,7). The predicted molar refractivity (Wildman–Crippen MR) is 34.3 cm³/mol. The number of anilines is 1. The third-order valence-corrected chi connectivity index (χ3v) is 1.64. The summed E-state index contributed by atoms with van der Waals surface area (Å²) >= 11 is -0.872. The van der Waals surface area contributed by atoms with Crippen LogP contribution in [0.3, 0.4) is 0 Å². The molecule has 0 saturated carbocycles. The van der Waals surface area contributed by atoms with E-state index in [1.165, 1.54) is 5.51 Å². The largest absolute Gasteiger partial charge is 0.289 e. The third kappa shape index (κ3) is 2.04. The monoisotopic (exact) mass is 165 g/mol. The second-order valence-corrected chi connectivity index (χ2v) is 2.63. The van der Waals surface area contributed by atoms with Crippen LogP contribution in [0, 0.1) is 0 Å². The van der Waals surface area contributed by atoms with Crippen LogP contribution in [0.15, 0.2) is 5.51 Å². The van der Waals surface area contributed by atoms with Crippen molar-refractivity contribution >= 4 is 27.7 Å². The third-order valence-electron chi connectivity index (χ3n) is 0.535. The molecule has 7 heteroatoms. The van der Waals surface area contributed by atoms with Crippen LogP contribution in [-0.2, 0) is 11.3 Å². The highest BCUT2D eigenvalue weighted by Crippen LogP contribution is 2.07. The lowest BCUT2D eigenvalue weighted by atomic mass is 11.3. The van der Waals surface area contributed by atoms with Gasteiger partial charge in [-0.1, -0.05) is 11.3 Å². The summed E-state index contributed by atoms with van der Waals surface area (Å²) in [7, 11) is 0. The van der Waals surface area contributed by atoms with Crippen molar-refractivity contribution in [3.8, 4) is 0 Å². The summed E-state index contributed by atoms with van der Waals surface area (Å²) in [6.07, 6.45) is 0. The molecule has 0 fully saturated rings. The minimum absolute atomic E-state index is 0.343. The zero-order valence-electron chi connectivity index (χ0n) is 4.14. The smallest absolute Gasteiger partial charge is 0.261 e. The molecule has 0 aliphatic carbocycles. The van der Waals surface area contributed by atoms with Crippen LogP contribution in [0.4, 0.5) is 5.13 Å². The maximum absolute atomic E-state index is 10.0. The first-order valence-corrected chi connectivity index (χ1v) is 3.91. The molecule has 1 rings (SSSR count). The molecule has 0 aromatic carbocycles. The Kier molecular flexibility index (Phi) is 2.09. The fraction of sp³-hybridized carbons (Fsp3) is 0. The van der Waals surface area contributed by atoms with Crippen molar-refractivity contribution in [3.05, 3.63) is 5.51 Å². The number of hydrogen-bond donors (Lipinski definition) is 2. The van der Waals surface area contributed by atoms with Gasteiger partial charge in [-0.2, -0.15) is 0 Å². The molecule has 2 N–H and O–H groups in total. The fourth-order valence-electron chi connectivity index (χ4n) is 0.292. The molecule has 9 heavy (non-hydrogen) atoms. The van der Waals surface area contributed by atoms with Gasteiger partial charge in [0, 0.05) is 0 Å². The molecule has 1 aromatic rings. The lowest BCUT2D eigenvalue weighted by molar-refractivity contribution is 0.570. The minimum Gasteiger partial charge on any atom is -0.289 e. The van der Waals surface area contributed by atoms with E-state index in [-0.39, 0.29) is 0 Å². The highest BCUT2D eigenvalue weighted by molar-refractivity contribution is 7.80. The van der Waals surface area contributed by atoms with Crippen LogP contribution in [0.5, 0.6) is 0 Å². The average Bonchev–Trinajstić information content (AvgIpc) is 2.15. The van der Waals surface area contributed by atoms with Crippen LogP contribution in [0.25, 0.3) is 0 Å². The highest BCUT2D eigenvalue weighted by Gasteiger charge is 1.95. The van der Waals surface area contributed by atoms with Crippen molar-refractivity contribution in [2.24, 2.45) is 0 Å². The summed E-state index contributed by atoms with van der Waals surface area (Å²) in [4.78, 5) is 0. The minimum atomic E-state index is -2.04. The Morgan fingerprint density at radius 3 is 3.11 bits per heavy atom. The molecule has 1 unspecified atom stereocenters. The van der Waals surface area contributed by atoms with E-state index in [1.54, 1.807) is 0 Å². The van der Waals surface area contributed by atoms with E-state index in [9.17, 15) is 4.21 Å². The van der Waals surface area contributed by atoms with Gasteiger partial charge >= 0.3 is 0 Å². The number of rotatable bonds is 2. The quantitative estimate of drug-likeness (QED) is 0.609. The van der Waals surface area contributed by atoms with Gasteiger partial charge in [0.05, 0.1) is 0 Å². The predicted octanol–water partition coefficient (Wildman–Crippen LogP) is 0.0867. The van der Waals surface area contributed by atoms with Gasteiger partial charge in [-0.3, -0.25) is 9.27 Å². The van der Waals surface area contributed by atoms with Crippen molar-refractivity contribution in [1.29, 1.82) is 0 Å². The molecular weight excluding hydrogens is 162 g/mol. The van der Waals surface area contributed by atoms with E-state index in [2.05, 4.69) is 14.9 Å².